The van der Waals surface area contributed by atoms with Crippen molar-refractivity contribution < 1.29 is 28.6 Å². The molecule has 4 aromatic carbocycles. The van der Waals surface area contributed by atoms with E-state index in [9.17, 15) is 23.9 Å². The summed E-state index contributed by atoms with van der Waals surface area (Å²) in [5, 5.41) is 13.0. The third-order valence-corrected chi connectivity index (χ3v) is 7.86. The first kappa shape index (κ1) is 30.5. The maximum atomic E-state index is 14.5. The zero-order valence-electron chi connectivity index (χ0n) is 24.3. The Balaban J connectivity index is 1.17. The third-order valence-electron chi connectivity index (χ3n) is 7.86. The number of carboxylic acids is 1. The lowest BCUT2D eigenvalue weighted by atomic mass is 9.84. The van der Waals surface area contributed by atoms with Gasteiger partial charge in [0.1, 0.15) is 17.6 Å². The molecule has 1 aliphatic rings. The third kappa shape index (κ3) is 7.50. The highest BCUT2D eigenvalue weighted by Crippen LogP contribution is 2.31. The van der Waals surface area contributed by atoms with Crippen LogP contribution in [-0.2, 0) is 16.0 Å². The molecule has 8 heteroatoms. The van der Waals surface area contributed by atoms with Gasteiger partial charge in [0, 0.05) is 35.7 Å². The summed E-state index contributed by atoms with van der Waals surface area (Å²) in [6.45, 7) is 0.669. The van der Waals surface area contributed by atoms with Gasteiger partial charge in [0.2, 0.25) is 5.91 Å². The largest absolute Gasteiger partial charge is 0.494 e. The van der Waals surface area contributed by atoms with Crippen LogP contribution in [0.1, 0.15) is 47.2 Å². The van der Waals surface area contributed by atoms with Crippen LogP contribution in [0.25, 0.3) is 0 Å². The number of carbonyl (C=O) groups is 3. The van der Waals surface area contributed by atoms with E-state index in [-0.39, 0.29) is 24.0 Å². The lowest BCUT2D eigenvalue weighted by Gasteiger charge is -2.32. The Bertz CT molecular complexity index is 1590. The van der Waals surface area contributed by atoms with Crippen molar-refractivity contribution in [2.45, 2.75) is 38.1 Å². The van der Waals surface area contributed by atoms with Crippen LogP contribution < -0.4 is 15.0 Å². The van der Waals surface area contributed by atoms with Crippen LogP contribution in [0.3, 0.4) is 0 Å². The first-order chi connectivity index (χ1) is 21.4. The minimum Gasteiger partial charge on any atom is -0.494 e. The van der Waals surface area contributed by atoms with Gasteiger partial charge in [-0.1, -0.05) is 73.2 Å². The molecular formula is C36H35FN2O5. The number of benzene rings is 4. The van der Waals surface area contributed by atoms with Crippen LogP contribution in [0.5, 0.6) is 5.75 Å². The minimum atomic E-state index is -1.04. The van der Waals surface area contributed by atoms with Gasteiger partial charge < -0.3 is 20.1 Å². The van der Waals surface area contributed by atoms with Crippen molar-refractivity contribution in [2.24, 2.45) is 5.92 Å². The number of halogens is 1. The van der Waals surface area contributed by atoms with Gasteiger partial charge in [0.05, 0.1) is 12.3 Å². The molecule has 5 rings (SSSR count). The van der Waals surface area contributed by atoms with Crippen molar-refractivity contribution in [3.05, 3.63) is 126 Å². The SMILES string of the molecule is O=C(c1ccccc1)c1ccccc1N[C@@H](Cc1ccc(OCCCN(C(=O)C2CCC2)c2ccccc2F)cc1)C(=O)O. The number of aliphatic carboxylic acids is 1. The number of ketones is 1. The van der Waals surface area contributed by atoms with Crippen LogP contribution in [0, 0.1) is 11.7 Å². The van der Waals surface area contributed by atoms with Gasteiger partial charge in [-0.05, 0) is 61.2 Å². The number of hydrogen-bond donors (Lipinski definition) is 2. The highest BCUT2D eigenvalue weighted by atomic mass is 19.1. The van der Waals surface area contributed by atoms with E-state index in [0.717, 1.165) is 24.8 Å². The molecule has 7 nitrogen and oxygen atoms in total. The number of carbonyl (C=O) groups excluding carboxylic acids is 2. The fraction of sp³-hybridized carbons (Fsp3) is 0.250. The summed E-state index contributed by atoms with van der Waals surface area (Å²) < 4.78 is 20.4. The van der Waals surface area contributed by atoms with Gasteiger partial charge in [0.15, 0.2) is 5.78 Å². The van der Waals surface area contributed by atoms with E-state index in [2.05, 4.69) is 5.32 Å². The fourth-order valence-electron chi connectivity index (χ4n) is 5.21. The number of hydrogen-bond acceptors (Lipinski definition) is 5. The summed E-state index contributed by atoms with van der Waals surface area (Å²) in [6, 6.07) is 28.3. The second kappa shape index (κ2) is 14.5. The molecule has 0 aromatic heterocycles. The molecular weight excluding hydrogens is 559 g/mol. The Morgan fingerprint density at radius 1 is 0.886 bits per heavy atom. The predicted octanol–water partition coefficient (Wildman–Crippen LogP) is 6.77. The van der Waals surface area contributed by atoms with Gasteiger partial charge in [-0.15, -0.1) is 0 Å². The molecule has 1 atom stereocenters. The smallest absolute Gasteiger partial charge is 0.326 e. The number of ether oxygens (including phenoxy) is 1. The highest BCUT2D eigenvalue weighted by molar-refractivity contribution is 6.12. The molecule has 226 valence electrons. The summed E-state index contributed by atoms with van der Waals surface area (Å²) in [5.74, 6) is -1.14. The van der Waals surface area contributed by atoms with E-state index in [1.165, 1.54) is 11.0 Å². The average Bonchev–Trinajstić information content (AvgIpc) is 3.01. The predicted molar refractivity (Wildman–Crippen MR) is 168 cm³/mol. The van der Waals surface area contributed by atoms with Crippen LogP contribution in [0.15, 0.2) is 103 Å². The molecule has 0 bridgehead atoms. The quantitative estimate of drug-likeness (QED) is 0.124. The first-order valence-corrected chi connectivity index (χ1v) is 14.9. The first-order valence-electron chi connectivity index (χ1n) is 14.9. The van der Waals surface area contributed by atoms with Gasteiger partial charge in [-0.3, -0.25) is 9.59 Å². The Morgan fingerprint density at radius 2 is 1.57 bits per heavy atom. The zero-order chi connectivity index (χ0) is 30.9. The second-order valence-corrected chi connectivity index (χ2v) is 10.9. The van der Waals surface area contributed by atoms with Crippen molar-refractivity contribution in [3.8, 4) is 5.75 Å². The fourth-order valence-corrected chi connectivity index (χ4v) is 5.21. The topological polar surface area (TPSA) is 95.9 Å². The number of nitrogens with one attached hydrogen (secondary N) is 1. The molecule has 0 aliphatic heterocycles. The Labute approximate surface area is 256 Å². The number of anilines is 2. The average molecular weight is 595 g/mol. The maximum absolute atomic E-state index is 14.5. The maximum Gasteiger partial charge on any atom is 0.326 e. The highest BCUT2D eigenvalue weighted by Gasteiger charge is 2.31. The Hall–Kier alpha value is -4.98. The summed E-state index contributed by atoms with van der Waals surface area (Å²) >= 11 is 0. The molecule has 1 saturated carbocycles. The molecule has 1 amide bonds. The van der Waals surface area contributed by atoms with Crippen molar-refractivity contribution in [1.29, 1.82) is 0 Å². The molecule has 1 aliphatic carbocycles. The van der Waals surface area contributed by atoms with Gasteiger partial charge >= 0.3 is 5.97 Å². The van der Waals surface area contributed by atoms with Crippen molar-refractivity contribution in [2.75, 3.05) is 23.4 Å². The zero-order valence-corrected chi connectivity index (χ0v) is 24.3. The molecule has 2 N–H and O–H groups in total. The van der Waals surface area contributed by atoms with E-state index in [0.29, 0.717) is 47.8 Å². The monoisotopic (exact) mass is 594 g/mol. The molecule has 0 heterocycles. The summed E-state index contributed by atoms with van der Waals surface area (Å²) in [7, 11) is 0. The normalized spacial score (nSPS) is 13.4. The second-order valence-electron chi connectivity index (χ2n) is 10.9. The van der Waals surface area contributed by atoms with E-state index in [4.69, 9.17) is 4.74 Å². The standard InChI is InChI=1S/C36H35FN2O5/c37-30-15-5-7-17-33(30)39(35(41)27-12-8-13-27)22-9-23-44-28-20-18-25(19-21-28)24-32(36(42)43)38-31-16-6-4-14-29(31)34(40)26-10-2-1-3-11-26/h1-7,10-11,14-21,27,32,38H,8-9,12-13,22-24H2,(H,42,43)/t32-/m0/s1. The number of nitrogens with zero attached hydrogens (tertiary/aromatic N) is 1. The molecule has 0 spiro atoms. The summed E-state index contributed by atoms with van der Waals surface area (Å²) in [4.78, 5) is 39.8. The molecule has 0 saturated heterocycles. The van der Waals surface area contributed by atoms with Gasteiger partial charge in [-0.2, -0.15) is 0 Å². The van der Waals surface area contributed by atoms with Crippen LogP contribution in [-0.4, -0.2) is 42.0 Å². The lowest BCUT2D eigenvalue weighted by molar-refractivity contribution is -0.137. The van der Waals surface area contributed by atoms with E-state index >= 15 is 0 Å². The van der Waals surface area contributed by atoms with E-state index in [1.54, 1.807) is 91.0 Å². The van der Waals surface area contributed by atoms with Crippen molar-refractivity contribution in [3.63, 3.8) is 0 Å². The minimum absolute atomic E-state index is 0.0423. The van der Waals surface area contributed by atoms with E-state index < -0.39 is 17.8 Å². The van der Waals surface area contributed by atoms with Gasteiger partial charge in [-0.25, -0.2) is 9.18 Å². The number of para-hydroxylation sites is 2. The van der Waals surface area contributed by atoms with Crippen LogP contribution >= 0.6 is 0 Å². The molecule has 0 unspecified atom stereocenters. The summed E-state index contributed by atoms with van der Waals surface area (Å²) in [5.41, 5.74) is 2.45. The lowest BCUT2D eigenvalue weighted by Crippen LogP contribution is -2.40. The van der Waals surface area contributed by atoms with Crippen molar-refractivity contribution in [1.82, 2.24) is 0 Å². The van der Waals surface area contributed by atoms with E-state index in [1.807, 2.05) is 6.07 Å². The molecule has 0 radical (unpaired) electrons. The van der Waals surface area contributed by atoms with Crippen LogP contribution in [0.4, 0.5) is 15.8 Å². The summed E-state index contributed by atoms with van der Waals surface area (Å²) in [6.07, 6.45) is 3.39. The number of rotatable bonds is 14. The Kier molecular flexibility index (Phi) is 10.0. The van der Waals surface area contributed by atoms with Crippen molar-refractivity contribution >= 4 is 29.0 Å². The van der Waals surface area contributed by atoms with Gasteiger partial charge in [0.25, 0.3) is 0 Å². The van der Waals surface area contributed by atoms with Crippen LogP contribution in [0.2, 0.25) is 0 Å². The number of carboxylic acid groups (broad SMARTS) is 1. The molecule has 4 aromatic rings. The Morgan fingerprint density at radius 3 is 2.25 bits per heavy atom. The molecule has 44 heavy (non-hydrogen) atoms. The number of amides is 1. The molecule has 1 fully saturated rings.